The largest absolute Gasteiger partial charge is 0.494 e. The van der Waals surface area contributed by atoms with Crippen molar-refractivity contribution in [3.8, 4) is 17.0 Å². The van der Waals surface area contributed by atoms with Crippen LogP contribution in [0.1, 0.15) is 62.8 Å². The van der Waals surface area contributed by atoms with Crippen LogP contribution in [0.25, 0.3) is 17.3 Å². The molecule has 1 saturated heterocycles. The Labute approximate surface area is 187 Å². The van der Waals surface area contributed by atoms with E-state index in [1.165, 1.54) is 17.5 Å². The summed E-state index contributed by atoms with van der Waals surface area (Å²) in [5, 5.41) is 1.91. The van der Waals surface area contributed by atoms with Crippen molar-refractivity contribution in [3.05, 3.63) is 51.6 Å². The number of ether oxygens (including phenoxy) is 1. The van der Waals surface area contributed by atoms with E-state index in [2.05, 4.69) is 52.1 Å². The number of carbonyl (C=O) groups is 2. The number of hydrogen-bond donors (Lipinski definition) is 1. The Bertz CT molecular complexity index is 1130. The van der Waals surface area contributed by atoms with E-state index >= 15 is 0 Å². The number of aromatic nitrogens is 1. The number of aryl methyl sites for hydroxylation is 1. The monoisotopic (exact) mass is 436 g/mol. The molecular weight excluding hydrogens is 408 g/mol. The number of hydrogen-bond acceptors (Lipinski definition) is 5. The number of carbonyl (C=O) groups excluding carboxylic acids is 2. The summed E-state index contributed by atoms with van der Waals surface area (Å²) in [5.74, 6) is 0.258. The minimum absolute atomic E-state index is 0.102. The maximum atomic E-state index is 11.9. The lowest BCUT2D eigenvalue weighted by atomic mass is 9.62. The maximum absolute atomic E-state index is 11.9. The first-order chi connectivity index (χ1) is 14.5. The summed E-state index contributed by atoms with van der Waals surface area (Å²) in [6.45, 7) is 11.4. The normalized spacial score (nSPS) is 20.5. The summed E-state index contributed by atoms with van der Waals surface area (Å²) >= 11 is 0.893. The first-order valence-corrected chi connectivity index (χ1v) is 11.3. The van der Waals surface area contributed by atoms with E-state index in [1.54, 1.807) is 19.4 Å². The van der Waals surface area contributed by atoms with Crippen LogP contribution in [-0.2, 0) is 15.6 Å². The van der Waals surface area contributed by atoms with Crippen molar-refractivity contribution in [2.75, 3.05) is 7.11 Å². The molecule has 2 aliphatic rings. The molecule has 2 aromatic rings. The molecule has 31 heavy (non-hydrogen) atoms. The number of nitrogens with one attached hydrogen (secondary N) is 1. The zero-order valence-electron chi connectivity index (χ0n) is 18.9. The van der Waals surface area contributed by atoms with Gasteiger partial charge in [-0.2, -0.15) is 0 Å². The van der Waals surface area contributed by atoms with Crippen molar-refractivity contribution in [1.29, 1.82) is 0 Å². The van der Waals surface area contributed by atoms with Crippen LogP contribution in [0.4, 0.5) is 4.79 Å². The number of imide groups is 1. The first-order valence-electron chi connectivity index (χ1n) is 10.5. The van der Waals surface area contributed by atoms with E-state index in [9.17, 15) is 9.59 Å². The van der Waals surface area contributed by atoms with Crippen LogP contribution in [0.15, 0.2) is 29.3 Å². The number of fused-ring (bicyclic) bond motifs is 1. The third-order valence-corrected chi connectivity index (χ3v) is 7.30. The maximum Gasteiger partial charge on any atom is 0.290 e. The highest BCUT2D eigenvalue weighted by Gasteiger charge is 2.37. The quantitative estimate of drug-likeness (QED) is 0.622. The lowest BCUT2D eigenvalue weighted by Gasteiger charge is -2.42. The van der Waals surface area contributed by atoms with Crippen LogP contribution < -0.4 is 10.1 Å². The molecule has 4 rings (SSSR count). The number of benzene rings is 1. The zero-order chi connectivity index (χ0) is 22.6. The Morgan fingerprint density at radius 2 is 1.71 bits per heavy atom. The number of nitrogens with zero attached hydrogens (tertiary/aromatic N) is 1. The van der Waals surface area contributed by atoms with E-state index in [4.69, 9.17) is 9.72 Å². The summed E-state index contributed by atoms with van der Waals surface area (Å²) < 4.78 is 5.68. The smallest absolute Gasteiger partial charge is 0.290 e. The Kier molecular flexibility index (Phi) is 5.24. The average molecular weight is 437 g/mol. The van der Waals surface area contributed by atoms with Crippen molar-refractivity contribution in [1.82, 2.24) is 10.3 Å². The van der Waals surface area contributed by atoms with Gasteiger partial charge in [-0.1, -0.05) is 33.8 Å². The Hall–Kier alpha value is -2.60. The third-order valence-electron chi connectivity index (χ3n) is 6.49. The Balaban J connectivity index is 1.81. The second-order valence-electron chi connectivity index (χ2n) is 9.65. The van der Waals surface area contributed by atoms with E-state index in [0.29, 0.717) is 16.2 Å². The van der Waals surface area contributed by atoms with E-state index in [1.807, 2.05) is 6.07 Å². The van der Waals surface area contributed by atoms with E-state index in [-0.39, 0.29) is 22.0 Å². The standard InChI is InChI=1S/C25H28N2O3S/c1-14-9-17-18(25(4,5)8-7-24(17,2)3)12-16(14)21-19(30-6)10-15(13-26-21)11-20-22(28)27-23(29)31-20/h9-13H,7-8H2,1-6H3,(H,27,28,29)/b20-11-. The lowest BCUT2D eigenvalue weighted by Crippen LogP contribution is -2.34. The molecule has 2 amide bonds. The fourth-order valence-electron chi connectivity index (χ4n) is 4.45. The summed E-state index contributed by atoms with van der Waals surface area (Å²) in [7, 11) is 1.62. The molecule has 0 spiro atoms. The highest BCUT2D eigenvalue weighted by Crippen LogP contribution is 2.48. The molecule has 0 unspecified atom stereocenters. The number of rotatable bonds is 3. The van der Waals surface area contributed by atoms with Crippen molar-refractivity contribution < 1.29 is 14.3 Å². The van der Waals surface area contributed by atoms with Crippen LogP contribution in [-0.4, -0.2) is 23.2 Å². The van der Waals surface area contributed by atoms with Crippen molar-refractivity contribution >= 4 is 29.0 Å². The fourth-order valence-corrected chi connectivity index (χ4v) is 5.13. The van der Waals surface area contributed by atoms with Crippen molar-refractivity contribution in [3.63, 3.8) is 0 Å². The molecule has 162 valence electrons. The van der Waals surface area contributed by atoms with Gasteiger partial charge in [0, 0.05) is 11.8 Å². The molecule has 6 heteroatoms. The van der Waals surface area contributed by atoms with E-state index in [0.717, 1.165) is 35.0 Å². The molecule has 2 heterocycles. The highest BCUT2D eigenvalue weighted by molar-refractivity contribution is 8.18. The SMILES string of the molecule is COc1cc(/C=C2\SC(=O)NC2=O)cnc1-c1cc2c(cc1C)C(C)(C)CCC2(C)C. The third kappa shape index (κ3) is 3.89. The summed E-state index contributed by atoms with van der Waals surface area (Å²) in [6, 6.07) is 6.46. The van der Waals surface area contributed by atoms with Crippen LogP contribution in [0.2, 0.25) is 0 Å². The van der Waals surface area contributed by atoms with Gasteiger partial charge in [-0.3, -0.25) is 19.9 Å². The molecule has 1 aromatic carbocycles. The Morgan fingerprint density at radius 3 is 2.29 bits per heavy atom. The molecule has 0 radical (unpaired) electrons. The van der Waals surface area contributed by atoms with Crippen molar-refractivity contribution in [2.45, 2.75) is 58.3 Å². The van der Waals surface area contributed by atoms with Gasteiger partial charge in [0.25, 0.3) is 11.1 Å². The van der Waals surface area contributed by atoms with E-state index < -0.39 is 0 Å². The minimum atomic E-state index is -0.381. The van der Waals surface area contributed by atoms with Gasteiger partial charge in [0.05, 0.1) is 12.0 Å². The van der Waals surface area contributed by atoms with Crippen LogP contribution >= 0.6 is 11.8 Å². The van der Waals surface area contributed by atoms with Gasteiger partial charge in [-0.15, -0.1) is 0 Å². The molecule has 1 aromatic heterocycles. The van der Waals surface area contributed by atoms with Gasteiger partial charge in [-0.25, -0.2) is 0 Å². The Morgan fingerprint density at radius 1 is 1.06 bits per heavy atom. The number of thioether (sulfide) groups is 1. The van der Waals surface area contributed by atoms with Crippen LogP contribution in [0.5, 0.6) is 5.75 Å². The van der Waals surface area contributed by atoms with Crippen molar-refractivity contribution in [2.24, 2.45) is 0 Å². The summed E-state index contributed by atoms with van der Waals surface area (Å²) in [6.07, 6.45) is 5.70. The van der Waals surface area contributed by atoms with Gasteiger partial charge < -0.3 is 4.74 Å². The molecule has 1 aliphatic heterocycles. The molecule has 0 atom stereocenters. The number of methoxy groups -OCH3 is 1. The zero-order valence-corrected chi connectivity index (χ0v) is 19.7. The predicted octanol–water partition coefficient (Wildman–Crippen LogP) is 5.74. The molecule has 5 nitrogen and oxygen atoms in total. The van der Waals surface area contributed by atoms with Gasteiger partial charge >= 0.3 is 0 Å². The van der Waals surface area contributed by atoms with Gasteiger partial charge in [0.2, 0.25) is 0 Å². The second kappa shape index (κ2) is 7.52. The predicted molar refractivity (Wildman–Crippen MR) is 125 cm³/mol. The first kappa shape index (κ1) is 21.6. The fraction of sp³-hybridized carbons (Fsp3) is 0.400. The highest BCUT2D eigenvalue weighted by atomic mass is 32.2. The average Bonchev–Trinajstić information content (AvgIpc) is 3.02. The minimum Gasteiger partial charge on any atom is -0.494 e. The second-order valence-corrected chi connectivity index (χ2v) is 10.7. The van der Waals surface area contributed by atoms with Gasteiger partial charge in [0.15, 0.2) is 0 Å². The molecule has 1 aliphatic carbocycles. The number of pyridine rings is 1. The molecule has 1 N–H and O–H groups in total. The topological polar surface area (TPSA) is 68.3 Å². The van der Waals surface area contributed by atoms with Gasteiger partial charge in [-0.05, 0) is 82.8 Å². The molecule has 1 fully saturated rings. The number of amides is 2. The molecule has 0 saturated carbocycles. The molecule has 0 bridgehead atoms. The molecular formula is C25H28N2O3S. The van der Waals surface area contributed by atoms with Crippen LogP contribution in [0, 0.1) is 6.92 Å². The van der Waals surface area contributed by atoms with Crippen LogP contribution in [0.3, 0.4) is 0 Å². The lowest BCUT2D eigenvalue weighted by molar-refractivity contribution is -0.115. The summed E-state index contributed by atoms with van der Waals surface area (Å²) in [5.41, 5.74) is 6.76. The van der Waals surface area contributed by atoms with Gasteiger partial charge in [0.1, 0.15) is 11.4 Å². The summed E-state index contributed by atoms with van der Waals surface area (Å²) in [4.78, 5) is 28.3.